The standard InChI is InChI=1S/C16H11ClN6O/c17-10-1-2-14-12(7-10)21-13(16-22-19-9-23(14)16)8-15(24)20-11-3-5-18-6-4-11/h1-9,21H,(H,18,20,24)/b13-8-. The van der Waals surface area contributed by atoms with Crippen LogP contribution in [0.15, 0.2) is 55.1 Å². The molecule has 24 heavy (non-hydrogen) atoms. The van der Waals surface area contributed by atoms with Gasteiger partial charge in [-0.2, -0.15) is 0 Å². The molecule has 0 aliphatic carbocycles. The van der Waals surface area contributed by atoms with Crippen LogP contribution in [-0.2, 0) is 4.79 Å². The lowest BCUT2D eigenvalue weighted by atomic mass is 10.2. The van der Waals surface area contributed by atoms with Crippen LogP contribution in [0, 0.1) is 0 Å². The lowest BCUT2D eigenvalue weighted by molar-refractivity contribution is -0.111. The van der Waals surface area contributed by atoms with Crippen LogP contribution in [0.4, 0.5) is 11.4 Å². The molecule has 1 aromatic carbocycles. The predicted octanol–water partition coefficient (Wildman–Crippen LogP) is 2.72. The molecule has 0 spiro atoms. The second-order valence-corrected chi connectivity index (χ2v) is 5.53. The second-order valence-electron chi connectivity index (χ2n) is 5.09. The quantitative estimate of drug-likeness (QED) is 0.702. The number of pyridine rings is 1. The lowest BCUT2D eigenvalue weighted by Crippen LogP contribution is -2.17. The highest BCUT2D eigenvalue weighted by atomic mass is 35.5. The first-order valence-electron chi connectivity index (χ1n) is 7.11. The van der Waals surface area contributed by atoms with Crippen LogP contribution in [0.1, 0.15) is 5.82 Å². The molecule has 3 aromatic rings. The van der Waals surface area contributed by atoms with Crippen LogP contribution >= 0.6 is 11.6 Å². The van der Waals surface area contributed by atoms with Crippen LogP contribution in [0.25, 0.3) is 11.4 Å². The van der Waals surface area contributed by atoms with E-state index in [1.807, 2.05) is 6.07 Å². The van der Waals surface area contributed by atoms with Gasteiger partial charge in [-0.3, -0.25) is 14.3 Å². The van der Waals surface area contributed by atoms with Gasteiger partial charge < -0.3 is 10.6 Å². The van der Waals surface area contributed by atoms with Gasteiger partial charge in [0.25, 0.3) is 5.91 Å². The van der Waals surface area contributed by atoms with Crippen molar-refractivity contribution in [1.82, 2.24) is 19.7 Å². The number of anilines is 2. The minimum atomic E-state index is -0.288. The third kappa shape index (κ3) is 2.61. The molecule has 0 atom stereocenters. The summed E-state index contributed by atoms with van der Waals surface area (Å²) in [5.41, 5.74) is 2.84. The van der Waals surface area contributed by atoms with Crippen LogP contribution in [0.3, 0.4) is 0 Å². The fraction of sp³-hybridized carbons (Fsp3) is 0. The Bertz CT molecular complexity index is 950. The van der Waals surface area contributed by atoms with Crippen molar-refractivity contribution in [2.45, 2.75) is 0 Å². The third-order valence-corrected chi connectivity index (χ3v) is 3.73. The van der Waals surface area contributed by atoms with E-state index in [1.165, 1.54) is 6.08 Å². The fourth-order valence-electron chi connectivity index (χ4n) is 2.46. The number of amides is 1. The average molecular weight is 339 g/mol. The summed E-state index contributed by atoms with van der Waals surface area (Å²) in [4.78, 5) is 16.2. The Morgan fingerprint density at radius 1 is 1.25 bits per heavy atom. The van der Waals surface area contributed by atoms with Gasteiger partial charge in [0.2, 0.25) is 0 Å². The highest BCUT2D eigenvalue weighted by Crippen LogP contribution is 2.33. The number of nitrogens with zero attached hydrogens (tertiary/aromatic N) is 4. The Morgan fingerprint density at radius 2 is 2.08 bits per heavy atom. The number of fused-ring (bicyclic) bond motifs is 3. The number of hydrogen-bond donors (Lipinski definition) is 2. The fourth-order valence-corrected chi connectivity index (χ4v) is 2.63. The minimum Gasteiger partial charge on any atom is -0.351 e. The second kappa shape index (κ2) is 5.78. The van der Waals surface area contributed by atoms with E-state index in [0.717, 1.165) is 11.4 Å². The van der Waals surface area contributed by atoms with Gasteiger partial charge in [0.05, 0.1) is 17.1 Å². The molecular formula is C16H11ClN6O. The van der Waals surface area contributed by atoms with Gasteiger partial charge in [-0.05, 0) is 30.3 Å². The Balaban J connectivity index is 1.68. The zero-order chi connectivity index (χ0) is 16.5. The van der Waals surface area contributed by atoms with Crippen molar-refractivity contribution >= 4 is 34.6 Å². The van der Waals surface area contributed by atoms with Gasteiger partial charge in [-0.1, -0.05) is 11.6 Å². The van der Waals surface area contributed by atoms with E-state index in [4.69, 9.17) is 11.6 Å². The molecule has 8 heteroatoms. The molecule has 0 bridgehead atoms. The molecular weight excluding hydrogens is 328 g/mol. The van der Waals surface area contributed by atoms with E-state index < -0.39 is 0 Å². The lowest BCUT2D eigenvalue weighted by Gasteiger charge is -2.21. The highest BCUT2D eigenvalue weighted by molar-refractivity contribution is 6.31. The number of benzene rings is 1. The molecule has 0 saturated carbocycles. The van der Waals surface area contributed by atoms with Crippen LogP contribution < -0.4 is 10.6 Å². The van der Waals surface area contributed by atoms with E-state index in [-0.39, 0.29) is 5.91 Å². The molecule has 118 valence electrons. The molecule has 0 saturated heterocycles. The first-order chi connectivity index (χ1) is 11.7. The van der Waals surface area contributed by atoms with Crippen LogP contribution in [0.2, 0.25) is 5.02 Å². The summed E-state index contributed by atoms with van der Waals surface area (Å²) in [6.45, 7) is 0. The molecule has 0 radical (unpaired) electrons. The van der Waals surface area contributed by atoms with E-state index in [9.17, 15) is 4.79 Å². The SMILES string of the molecule is O=C(/C=C1\Nc2cc(Cl)ccc2-n2cnnc21)Nc1ccncc1. The van der Waals surface area contributed by atoms with Gasteiger partial charge in [0, 0.05) is 29.2 Å². The monoisotopic (exact) mass is 338 g/mol. The minimum absolute atomic E-state index is 0.288. The van der Waals surface area contributed by atoms with Crippen molar-refractivity contribution in [3.05, 3.63) is 66.0 Å². The smallest absolute Gasteiger partial charge is 0.250 e. The van der Waals surface area contributed by atoms with E-state index in [2.05, 4.69) is 25.8 Å². The van der Waals surface area contributed by atoms with E-state index >= 15 is 0 Å². The van der Waals surface area contributed by atoms with E-state index in [0.29, 0.717) is 22.2 Å². The molecule has 3 heterocycles. The molecule has 2 N–H and O–H groups in total. The zero-order valence-corrected chi connectivity index (χ0v) is 13.0. The molecule has 0 fully saturated rings. The van der Waals surface area contributed by atoms with Crippen molar-refractivity contribution in [3.63, 3.8) is 0 Å². The Morgan fingerprint density at radius 3 is 2.92 bits per heavy atom. The van der Waals surface area contributed by atoms with Crippen molar-refractivity contribution < 1.29 is 4.79 Å². The number of hydrogen-bond acceptors (Lipinski definition) is 5. The van der Waals surface area contributed by atoms with Crippen molar-refractivity contribution in [2.24, 2.45) is 0 Å². The predicted molar refractivity (Wildman–Crippen MR) is 90.8 cm³/mol. The number of aromatic nitrogens is 4. The molecule has 2 aromatic heterocycles. The summed E-state index contributed by atoms with van der Waals surface area (Å²) in [7, 11) is 0. The normalized spacial score (nSPS) is 13.8. The summed E-state index contributed by atoms with van der Waals surface area (Å²) in [6.07, 6.45) is 6.25. The Hall–Kier alpha value is -3.19. The number of nitrogens with one attached hydrogen (secondary N) is 2. The van der Waals surface area contributed by atoms with Crippen LogP contribution in [-0.4, -0.2) is 25.7 Å². The number of halogens is 1. The van der Waals surface area contributed by atoms with Crippen molar-refractivity contribution in [2.75, 3.05) is 10.6 Å². The highest BCUT2D eigenvalue weighted by Gasteiger charge is 2.22. The maximum atomic E-state index is 12.3. The number of carbonyl (C=O) groups is 1. The zero-order valence-electron chi connectivity index (χ0n) is 12.3. The largest absolute Gasteiger partial charge is 0.351 e. The number of carbonyl (C=O) groups excluding carboxylic acids is 1. The van der Waals surface area contributed by atoms with Gasteiger partial charge in [0.1, 0.15) is 6.33 Å². The van der Waals surface area contributed by atoms with Crippen molar-refractivity contribution in [1.29, 1.82) is 0 Å². The summed E-state index contributed by atoms with van der Waals surface area (Å²) < 4.78 is 1.80. The molecule has 4 rings (SSSR count). The maximum Gasteiger partial charge on any atom is 0.250 e. The summed E-state index contributed by atoms with van der Waals surface area (Å²) in [5, 5.41) is 14.5. The third-order valence-electron chi connectivity index (χ3n) is 3.50. The molecule has 0 unspecified atom stereocenters. The molecule has 1 aliphatic rings. The van der Waals surface area contributed by atoms with Crippen LogP contribution in [0.5, 0.6) is 0 Å². The number of rotatable bonds is 2. The summed E-state index contributed by atoms with van der Waals surface area (Å²) >= 11 is 6.05. The Labute approximate surface area is 142 Å². The molecule has 1 amide bonds. The van der Waals surface area contributed by atoms with Gasteiger partial charge >= 0.3 is 0 Å². The van der Waals surface area contributed by atoms with E-state index in [1.54, 1.807) is 47.6 Å². The Kier molecular flexibility index (Phi) is 3.47. The van der Waals surface area contributed by atoms with Gasteiger partial charge in [-0.15, -0.1) is 10.2 Å². The first-order valence-corrected chi connectivity index (χ1v) is 7.48. The molecule has 7 nitrogen and oxygen atoms in total. The topological polar surface area (TPSA) is 84.7 Å². The van der Waals surface area contributed by atoms with Crippen molar-refractivity contribution in [3.8, 4) is 5.69 Å². The first kappa shape index (κ1) is 14.4. The van der Waals surface area contributed by atoms with Gasteiger partial charge in [0.15, 0.2) is 5.82 Å². The maximum absolute atomic E-state index is 12.3. The summed E-state index contributed by atoms with van der Waals surface area (Å²) in [5.74, 6) is 0.262. The van der Waals surface area contributed by atoms with Gasteiger partial charge in [-0.25, -0.2) is 0 Å². The molecule has 1 aliphatic heterocycles. The average Bonchev–Trinajstić information content (AvgIpc) is 3.05. The summed E-state index contributed by atoms with van der Waals surface area (Å²) in [6, 6.07) is 8.86.